The van der Waals surface area contributed by atoms with Crippen molar-refractivity contribution in [2.45, 2.75) is 19.9 Å². The fraction of sp³-hybridized carbons (Fsp3) is 0.571. The SMILES string of the molecule is COCCOCCCNCc1ccccc1C. The number of aryl methyl sites for hydroxylation is 1. The lowest BCUT2D eigenvalue weighted by molar-refractivity contribution is 0.0695. The summed E-state index contributed by atoms with van der Waals surface area (Å²) >= 11 is 0. The van der Waals surface area contributed by atoms with E-state index in [9.17, 15) is 0 Å². The fourth-order valence-corrected chi connectivity index (χ4v) is 1.58. The molecule has 0 saturated carbocycles. The molecule has 0 spiro atoms. The Morgan fingerprint density at radius 2 is 1.94 bits per heavy atom. The van der Waals surface area contributed by atoms with Gasteiger partial charge in [-0.1, -0.05) is 24.3 Å². The van der Waals surface area contributed by atoms with Gasteiger partial charge < -0.3 is 14.8 Å². The fourth-order valence-electron chi connectivity index (χ4n) is 1.58. The predicted molar refractivity (Wildman–Crippen MR) is 70.2 cm³/mol. The number of ether oxygens (including phenoxy) is 2. The van der Waals surface area contributed by atoms with Gasteiger partial charge in [-0.25, -0.2) is 0 Å². The van der Waals surface area contributed by atoms with Gasteiger partial charge in [-0.3, -0.25) is 0 Å². The highest BCUT2D eigenvalue weighted by Gasteiger charge is 1.95. The van der Waals surface area contributed by atoms with Gasteiger partial charge >= 0.3 is 0 Å². The highest BCUT2D eigenvalue weighted by Crippen LogP contribution is 2.05. The smallest absolute Gasteiger partial charge is 0.0700 e. The Morgan fingerprint density at radius 1 is 1.12 bits per heavy atom. The molecule has 0 aliphatic rings. The largest absolute Gasteiger partial charge is 0.382 e. The molecule has 0 bridgehead atoms. The molecule has 0 saturated heterocycles. The summed E-state index contributed by atoms with van der Waals surface area (Å²) in [5.41, 5.74) is 2.71. The number of rotatable bonds is 9. The molecule has 0 heterocycles. The van der Waals surface area contributed by atoms with Crippen LogP contribution in [0.4, 0.5) is 0 Å². The van der Waals surface area contributed by atoms with Gasteiger partial charge in [0.1, 0.15) is 0 Å². The van der Waals surface area contributed by atoms with Crippen molar-refractivity contribution in [2.75, 3.05) is 33.5 Å². The van der Waals surface area contributed by atoms with Gasteiger partial charge in [0, 0.05) is 20.3 Å². The summed E-state index contributed by atoms with van der Waals surface area (Å²) in [5.74, 6) is 0. The van der Waals surface area contributed by atoms with Crippen LogP contribution in [0.15, 0.2) is 24.3 Å². The van der Waals surface area contributed by atoms with Gasteiger partial charge in [-0.2, -0.15) is 0 Å². The molecule has 0 radical (unpaired) electrons. The summed E-state index contributed by atoms with van der Waals surface area (Å²) in [6.07, 6.45) is 1.04. The van der Waals surface area contributed by atoms with Crippen LogP contribution in [0, 0.1) is 6.92 Å². The summed E-state index contributed by atoms with van der Waals surface area (Å²) < 4.78 is 10.3. The third-order valence-corrected chi connectivity index (χ3v) is 2.65. The molecule has 0 aromatic heterocycles. The maximum atomic E-state index is 5.39. The normalized spacial score (nSPS) is 10.7. The molecule has 96 valence electrons. The third kappa shape index (κ3) is 6.41. The van der Waals surface area contributed by atoms with Gasteiger partial charge in [0.15, 0.2) is 0 Å². The zero-order valence-electron chi connectivity index (χ0n) is 10.9. The van der Waals surface area contributed by atoms with Crippen LogP contribution in [-0.4, -0.2) is 33.5 Å². The molecule has 0 unspecified atom stereocenters. The lowest BCUT2D eigenvalue weighted by Crippen LogP contribution is -2.17. The molecule has 17 heavy (non-hydrogen) atoms. The van der Waals surface area contributed by atoms with E-state index in [1.54, 1.807) is 7.11 Å². The maximum absolute atomic E-state index is 5.39. The van der Waals surface area contributed by atoms with Crippen molar-refractivity contribution in [1.82, 2.24) is 5.32 Å². The molecule has 0 aliphatic carbocycles. The van der Waals surface area contributed by atoms with Crippen LogP contribution >= 0.6 is 0 Å². The Morgan fingerprint density at radius 3 is 2.71 bits per heavy atom. The number of hydrogen-bond donors (Lipinski definition) is 1. The van der Waals surface area contributed by atoms with E-state index in [2.05, 4.69) is 36.5 Å². The number of nitrogens with one attached hydrogen (secondary N) is 1. The second-order valence-corrected chi connectivity index (χ2v) is 4.06. The van der Waals surface area contributed by atoms with Gasteiger partial charge in [0.25, 0.3) is 0 Å². The minimum Gasteiger partial charge on any atom is -0.382 e. The Balaban J connectivity index is 1.99. The highest BCUT2D eigenvalue weighted by molar-refractivity contribution is 5.25. The van der Waals surface area contributed by atoms with Crippen LogP contribution < -0.4 is 5.32 Å². The van der Waals surface area contributed by atoms with Crippen molar-refractivity contribution in [2.24, 2.45) is 0 Å². The summed E-state index contributed by atoms with van der Waals surface area (Å²) in [7, 11) is 1.69. The van der Waals surface area contributed by atoms with Crippen molar-refractivity contribution in [3.63, 3.8) is 0 Å². The highest BCUT2D eigenvalue weighted by atomic mass is 16.5. The molecular formula is C14H23NO2. The van der Waals surface area contributed by atoms with Crippen LogP contribution in [0.2, 0.25) is 0 Å². The van der Waals surface area contributed by atoms with Crippen LogP contribution in [0.25, 0.3) is 0 Å². The predicted octanol–water partition coefficient (Wildman–Crippen LogP) is 2.14. The first-order valence-corrected chi connectivity index (χ1v) is 6.16. The quantitative estimate of drug-likeness (QED) is 0.667. The zero-order valence-corrected chi connectivity index (χ0v) is 10.9. The van der Waals surface area contributed by atoms with Gasteiger partial charge in [-0.05, 0) is 31.0 Å². The summed E-state index contributed by atoms with van der Waals surface area (Å²) in [6.45, 7) is 6.23. The first-order chi connectivity index (χ1) is 8.34. The summed E-state index contributed by atoms with van der Waals surface area (Å²) in [6, 6.07) is 8.46. The minimum atomic E-state index is 0.677. The lowest BCUT2D eigenvalue weighted by Gasteiger charge is -2.07. The summed E-state index contributed by atoms with van der Waals surface area (Å²) in [4.78, 5) is 0. The van der Waals surface area contributed by atoms with Crippen molar-refractivity contribution in [1.29, 1.82) is 0 Å². The third-order valence-electron chi connectivity index (χ3n) is 2.65. The van der Waals surface area contributed by atoms with E-state index < -0.39 is 0 Å². The first kappa shape index (κ1) is 14.2. The topological polar surface area (TPSA) is 30.5 Å². The van der Waals surface area contributed by atoms with E-state index in [0.29, 0.717) is 13.2 Å². The van der Waals surface area contributed by atoms with Gasteiger partial charge in [0.2, 0.25) is 0 Å². The molecule has 3 nitrogen and oxygen atoms in total. The minimum absolute atomic E-state index is 0.677. The van der Waals surface area contributed by atoms with Crippen molar-refractivity contribution >= 4 is 0 Å². The van der Waals surface area contributed by atoms with Gasteiger partial charge in [-0.15, -0.1) is 0 Å². The van der Waals surface area contributed by atoms with Crippen molar-refractivity contribution < 1.29 is 9.47 Å². The van der Waals surface area contributed by atoms with E-state index in [0.717, 1.165) is 26.1 Å². The Bertz CT molecular complexity index is 302. The summed E-state index contributed by atoms with van der Waals surface area (Å²) in [5, 5.41) is 3.42. The van der Waals surface area contributed by atoms with Crippen LogP contribution in [0.1, 0.15) is 17.5 Å². The average molecular weight is 237 g/mol. The van der Waals surface area contributed by atoms with E-state index >= 15 is 0 Å². The van der Waals surface area contributed by atoms with Crippen LogP contribution in [0.5, 0.6) is 0 Å². The maximum Gasteiger partial charge on any atom is 0.0700 e. The van der Waals surface area contributed by atoms with Crippen LogP contribution in [-0.2, 0) is 16.0 Å². The van der Waals surface area contributed by atoms with E-state index in [-0.39, 0.29) is 0 Å². The number of benzene rings is 1. The molecule has 1 rings (SSSR count). The standard InChI is InChI=1S/C14H23NO2/c1-13-6-3-4-7-14(13)12-15-8-5-9-17-11-10-16-2/h3-4,6-7,15H,5,8-12H2,1-2H3. The van der Waals surface area contributed by atoms with E-state index in [1.165, 1.54) is 11.1 Å². The molecule has 0 atom stereocenters. The number of methoxy groups -OCH3 is 1. The molecule has 0 fully saturated rings. The lowest BCUT2D eigenvalue weighted by atomic mass is 10.1. The Labute approximate surface area is 104 Å². The van der Waals surface area contributed by atoms with Crippen molar-refractivity contribution in [3.8, 4) is 0 Å². The second kappa shape index (κ2) is 9.16. The van der Waals surface area contributed by atoms with Crippen LogP contribution in [0.3, 0.4) is 0 Å². The molecule has 0 aliphatic heterocycles. The molecule has 0 amide bonds. The monoisotopic (exact) mass is 237 g/mol. The average Bonchev–Trinajstić information content (AvgIpc) is 2.35. The van der Waals surface area contributed by atoms with Crippen molar-refractivity contribution in [3.05, 3.63) is 35.4 Å². The first-order valence-electron chi connectivity index (χ1n) is 6.16. The zero-order chi connectivity index (χ0) is 12.3. The van der Waals surface area contributed by atoms with E-state index in [4.69, 9.17) is 9.47 Å². The number of hydrogen-bond acceptors (Lipinski definition) is 3. The van der Waals surface area contributed by atoms with Gasteiger partial charge in [0.05, 0.1) is 13.2 Å². The second-order valence-electron chi connectivity index (χ2n) is 4.06. The molecule has 1 aromatic carbocycles. The Kier molecular flexibility index (Phi) is 7.63. The molecule has 1 aromatic rings. The molecular weight excluding hydrogens is 214 g/mol. The van der Waals surface area contributed by atoms with E-state index in [1.807, 2.05) is 0 Å². The molecule has 3 heteroatoms. The molecule has 1 N–H and O–H groups in total. The Hall–Kier alpha value is -0.900.